The molecule has 0 aromatic heterocycles. The maximum absolute atomic E-state index is 11.8. The number of carboxylic acid groups (broad SMARTS) is 1. The molecule has 0 rings (SSSR count). The predicted octanol–water partition coefficient (Wildman–Crippen LogP) is 0.916. The third-order valence-corrected chi connectivity index (χ3v) is 2.24. The molecule has 0 aromatic carbocycles. The molecule has 0 fully saturated rings. The molecule has 0 saturated carbocycles. The highest BCUT2D eigenvalue weighted by molar-refractivity contribution is 5.75. The van der Waals surface area contributed by atoms with Gasteiger partial charge in [0.05, 0.1) is 19.1 Å². The summed E-state index contributed by atoms with van der Waals surface area (Å²) >= 11 is 0. The number of carbonyl (C=O) groups excluding carboxylic acids is 1. The molecule has 17 heavy (non-hydrogen) atoms. The molecule has 0 aliphatic rings. The molecule has 6 nitrogen and oxygen atoms in total. The zero-order valence-electron chi connectivity index (χ0n) is 10.9. The van der Waals surface area contributed by atoms with Gasteiger partial charge in [0, 0.05) is 19.7 Å². The smallest absolute Gasteiger partial charge is 0.317 e. The van der Waals surface area contributed by atoms with E-state index in [0.717, 1.165) is 0 Å². The largest absolute Gasteiger partial charge is 0.481 e. The number of aliphatic carboxylic acids is 1. The topological polar surface area (TPSA) is 78.9 Å². The normalized spacial score (nSPS) is 12.3. The van der Waals surface area contributed by atoms with E-state index in [-0.39, 0.29) is 31.1 Å². The summed E-state index contributed by atoms with van der Waals surface area (Å²) in [5.41, 5.74) is 0. The van der Waals surface area contributed by atoms with Gasteiger partial charge in [0.15, 0.2) is 0 Å². The van der Waals surface area contributed by atoms with Crippen molar-refractivity contribution in [2.24, 2.45) is 0 Å². The van der Waals surface area contributed by atoms with Crippen LogP contribution in [0.25, 0.3) is 0 Å². The lowest BCUT2D eigenvalue weighted by atomic mass is 10.3. The van der Waals surface area contributed by atoms with Gasteiger partial charge in [-0.3, -0.25) is 4.79 Å². The minimum atomic E-state index is -0.909. The predicted molar refractivity (Wildman–Crippen MR) is 64.0 cm³/mol. The number of nitrogens with zero attached hydrogens (tertiary/aromatic N) is 1. The van der Waals surface area contributed by atoms with Crippen molar-refractivity contribution in [3.05, 3.63) is 0 Å². The summed E-state index contributed by atoms with van der Waals surface area (Å²) in [4.78, 5) is 23.8. The molecule has 2 N–H and O–H groups in total. The van der Waals surface area contributed by atoms with Gasteiger partial charge >= 0.3 is 12.0 Å². The number of nitrogens with one attached hydrogen (secondary N) is 1. The van der Waals surface area contributed by atoms with Gasteiger partial charge < -0.3 is 20.1 Å². The summed E-state index contributed by atoms with van der Waals surface area (Å²) in [6.45, 7) is 6.16. The molecule has 0 bridgehead atoms. The molecule has 0 radical (unpaired) electrons. The van der Waals surface area contributed by atoms with Crippen LogP contribution in [0, 0.1) is 0 Å². The Morgan fingerprint density at radius 2 is 1.94 bits per heavy atom. The van der Waals surface area contributed by atoms with E-state index in [9.17, 15) is 9.59 Å². The molecule has 1 unspecified atom stereocenters. The lowest BCUT2D eigenvalue weighted by Crippen LogP contribution is -2.48. The van der Waals surface area contributed by atoms with Crippen molar-refractivity contribution in [1.82, 2.24) is 10.2 Å². The standard InChI is InChI=1S/C11H22N2O4/c1-8(2)13(6-5-10(14)15)11(16)12-9(3)7-17-4/h8-9H,5-7H2,1-4H3,(H,12,16)(H,14,15). The number of carboxylic acids is 1. The Labute approximate surface area is 102 Å². The van der Waals surface area contributed by atoms with E-state index in [4.69, 9.17) is 9.84 Å². The van der Waals surface area contributed by atoms with Crippen LogP contribution in [0.1, 0.15) is 27.2 Å². The third-order valence-electron chi connectivity index (χ3n) is 2.24. The van der Waals surface area contributed by atoms with Gasteiger partial charge in [-0.1, -0.05) is 0 Å². The summed E-state index contributed by atoms with van der Waals surface area (Å²) in [5.74, 6) is -0.909. The van der Waals surface area contributed by atoms with Crippen LogP contribution in [0.3, 0.4) is 0 Å². The Kier molecular flexibility index (Phi) is 7.29. The lowest BCUT2D eigenvalue weighted by Gasteiger charge is -2.28. The van der Waals surface area contributed by atoms with E-state index in [0.29, 0.717) is 6.61 Å². The van der Waals surface area contributed by atoms with Crippen LogP contribution in [-0.2, 0) is 9.53 Å². The Morgan fingerprint density at radius 1 is 1.35 bits per heavy atom. The van der Waals surface area contributed by atoms with Gasteiger partial charge in [-0.15, -0.1) is 0 Å². The fraction of sp³-hybridized carbons (Fsp3) is 0.818. The van der Waals surface area contributed by atoms with Crippen molar-refractivity contribution < 1.29 is 19.4 Å². The summed E-state index contributed by atoms with van der Waals surface area (Å²) in [5, 5.41) is 11.4. The van der Waals surface area contributed by atoms with E-state index >= 15 is 0 Å². The highest BCUT2D eigenvalue weighted by Crippen LogP contribution is 2.01. The van der Waals surface area contributed by atoms with Gasteiger partial charge in [-0.2, -0.15) is 0 Å². The lowest BCUT2D eigenvalue weighted by molar-refractivity contribution is -0.137. The van der Waals surface area contributed by atoms with Gasteiger partial charge in [0.25, 0.3) is 0 Å². The first-order chi connectivity index (χ1) is 7.88. The number of urea groups is 1. The van der Waals surface area contributed by atoms with Crippen LogP contribution >= 0.6 is 0 Å². The number of amides is 2. The van der Waals surface area contributed by atoms with Crippen molar-refractivity contribution in [3.63, 3.8) is 0 Å². The van der Waals surface area contributed by atoms with Crippen LogP contribution in [0.15, 0.2) is 0 Å². The molecule has 0 spiro atoms. The van der Waals surface area contributed by atoms with Crippen LogP contribution in [0.2, 0.25) is 0 Å². The Hall–Kier alpha value is -1.30. The van der Waals surface area contributed by atoms with E-state index in [1.54, 1.807) is 7.11 Å². The third kappa shape index (κ3) is 6.78. The summed E-state index contributed by atoms with van der Waals surface area (Å²) in [7, 11) is 1.56. The van der Waals surface area contributed by atoms with Crippen LogP contribution < -0.4 is 5.32 Å². The molecular formula is C11H22N2O4. The van der Waals surface area contributed by atoms with Gasteiger partial charge in [-0.05, 0) is 20.8 Å². The summed E-state index contributed by atoms with van der Waals surface area (Å²) in [6.07, 6.45) is -0.0513. The Balaban J connectivity index is 4.29. The van der Waals surface area contributed by atoms with E-state index in [1.165, 1.54) is 4.90 Å². The Morgan fingerprint density at radius 3 is 2.35 bits per heavy atom. The fourth-order valence-electron chi connectivity index (χ4n) is 1.40. The molecule has 0 saturated heterocycles. The maximum Gasteiger partial charge on any atom is 0.317 e. The molecule has 2 amide bonds. The van der Waals surface area contributed by atoms with Crippen molar-refractivity contribution in [2.45, 2.75) is 39.3 Å². The van der Waals surface area contributed by atoms with E-state index in [1.807, 2.05) is 20.8 Å². The number of rotatable bonds is 7. The first-order valence-corrected chi connectivity index (χ1v) is 5.66. The van der Waals surface area contributed by atoms with Crippen LogP contribution in [0.5, 0.6) is 0 Å². The van der Waals surface area contributed by atoms with Crippen LogP contribution in [0.4, 0.5) is 4.79 Å². The Bertz CT molecular complexity index is 256. The molecule has 0 aliphatic carbocycles. The van der Waals surface area contributed by atoms with Gasteiger partial charge in [-0.25, -0.2) is 4.79 Å². The molecule has 0 aliphatic heterocycles. The van der Waals surface area contributed by atoms with E-state index in [2.05, 4.69) is 5.32 Å². The first-order valence-electron chi connectivity index (χ1n) is 5.66. The molecule has 100 valence electrons. The zero-order valence-corrected chi connectivity index (χ0v) is 10.9. The number of ether oxygens (including phenoxy) is 1. The highest BCUT2D eigenvalue weighted by atomic mass is 16.5. The van der Waals surface area contributed by atoms with Crippen molar-refractivity contribution in [1.29, 1.82) is 0 Å². The SMILES string of the molecule is COCC(C)NC(=O)N(CCC(=O)O)C(C)C. The second-order valence-corrected chi connectivity index (χ2v) is 4.24. The minimum absolute atomic E-state index is 0.0379. The van der Waals surface area contributed by atoms with Gasteiger partial charge in [0.1, 0.15) is 0 Å². The average molecular weight is 246 g/mol. The molecule has 0 heterocycles. The average Bonchev–Trinajstić information content (AvgIpc) is 2.16. The second-order valence-electron chi connectivity index (χ2n) is 4.24. The summed E-state index contributed by atoms with van der Waals surface area (Å²) in [6, 6.07) is -0.395. The first kappa shape index (κ1) is 15.7. The molecule has 1 atom stereocenters. The maximum atomic E-state index is 11.8. The van der Waals surface area contributed by atoms with Crippen molar-refractivity contribution in [3.8, 4) is 0 Å². The molecule has 0 aromatic rings. The quantitative estimate of drug-likeness (QED) is 0.700. The summed E-state index contributed by atoms with van der Waals surface area (Å²) < 4.78 is 4.92. The fourth-order valence-corrected chi connectivity index (χ4v) is 1.40. The van der Waals surface area contributed by atoms with Gasteiger partial charge in [0.2, 0.25) is 0 Å². The number of hydrogen-bond acceptors (Lipinski definition) is 3. The second kappa shape index (κ2) is 7.89. The monoisotopic (exact) mass is 246 g/mol. The molecular weight excluding hydrogens is 224 g/mol. The number of hydrogen-bond donors (Lipinski definition) is 2. The minimum Gasteiger partial charge on any atom is -0.481 e. The van der Waals surface area contributed by atoms with Crippen molar-refractivity contribution >= 4 is 12.0 Å². The number of methoxy groups -OCH3 is 1. The van der Waals surface area contributed by atoms with Crippen LogP contribution in [-0.4, -0.2) is 54.4 Å². The molecule has 6 heteroatoms. The van der Waals surface area contributed by atoms with Crippen molar-refractivity contribution in [2.75, 3.05) is 20.3 Å². The number of carbonyl (C=O) groups is 2. The zero-order chi connectivity index (χ0) is 13.4. The highest BCUT2D eigenvalue weighted by Gasteiger charge is 2.19. The van der Waals surface area contributed by atoms with E-state index < -0.39 is 5.97 Å².